The van der Waals surface area contributed by atoms with Crippen LogP contribution in [0.5, 0.6) is 0 Å². The highest BCUT2D eigenvalue weighted by Gasteiger charge is 2.53. The minimum atomic E-state index is -1.98. The number of carbonyl (C=O) groups is 1. The Labute approximate surface area is 453 Å². The van der Waals surface area contributed by atoms with Crippen molar-refractivity contribution < 1.29 is 89.4 Å². The molecule has 0 aromatic carbocycles. The summed E-state index contributed by atoms with van der Waals surface area (Å²) in [5.74, 6) is -0.288. The Kier molecular flexibility index (Phi) is 36.6. The van der Waals surface area contributed by atoms with Gasteiger partial charge in [0.15, 0.2) is 18.9 Å². The Hall–Kier alpha value is -2.25. The quantitative estimate of drug-likeness (QED) is 0.0300. The maximum atomic E-state index is 13.2. The number of amides is 1. The van der Waals surface area contributed by atoms with E-state index in [1.165, 1.54) is 70.6 Å². The molecule has 0 saturated carbocycles. The normalized spacial score (nSPS) is 31.3. The molecule has 0 radical (unpaired) electrons. The van der Waals surface area contributed by atoms with Crippen molar-refractivity contribution in [3.63, 3.8) is 0 Å². The second kappa shape index (κ2) is 40.9. The SMILES string of the molecule is CCCCCC/C=C/C(O)C(COC1OC(CO)C(OC2OC(CO)C(OC3OC(CO)C(O)C(O)C3O)C(O)C2O)C(O)C1O)NC(=O)CCCCCCCCCCCC/C=C\C/C=C\C/C=C\CCCCCCC. The molecule has 19 heteroatoms. The zero-order valence-corrected chi connectivity index (χ0v) is 45.7. The number of hydrogen-bond acceptors (Lipinski definition) is 18. The first-order valence-electron chi connectivity index (χ1n) is 28.9. The second-order valence-electron chi connectivity index (χ2n) is 20.8. The van der Waals surface area contributed by atoms with Gasteiger partial charge in [0.1, 0.15) is 73.2 Å². The van der Waals surface area contributed by atoms with Gasteiger partial charge in [-0.2, -0.15) is 0 Å². The van der Waals surface area contributed by atoms with E-state index in [0.29, 0.717) is 6.42 Å². The molecule has 3 fully saturated rings. The summed E-state index contributed by atoms with van der Waals surface area (Å²) < 4.78 is 34.1. The van der Waals surface area contributed by atoms with Crippen molar-refractivity contribution in [3.05, 3.63) is 48.6 Å². The van der Waals surface area contributed by atoms with Crippen LogP contribution in [0.2, 0.25) is 0 Å². The van der Waals surface area contributed by atoms with Gasteiger partial charge in [0.25, 0.3) is 0 Å². The topological polar surface area (TPSA) is 307 Å². The molecule has 0 aromatic heterocycles. The van der Waals surface area contributed by atoms with Crippen molar-refractivity contribution >= 4 is 5.91 Å². The van der Waals surface area contributed by atoms with Crippen molar-refractivity contribution in [2.75, 3.05) is 26.4 Å². The molecule has 3 rings (SSSR count). The molecule has 442 valence electrons. The molecular formula is C57H101NO18. The Bertz CT molecular complexity index is 1580. The van der Waals surface area contributed by atoms with Gasteiger partial charge in [0.05, 0.1) is 38.6 Å². The van der Waals surface area contributed by atoms with Gasteiger partial charge in [-0.05, 0) is 57.8 Å². The molecule has 0 aromatic rings. The largest absolute Gasteiger partial charge is 0.394 e. The number of unbranched alkanes of at least 4 members (excludes halogenated alkanes) is 19. The van der Waals surface area contributed by atoms with E-state index in [1.54, 1.807) is 6.08 Å². The monoisotopic (exact) mass is 1090 g/mol. The first kappa shape index (κ1) is 68.0. The number of aliphatic hydroxyl groups is 11. The van der Waals surface area contributed by atoms with Gasteiger partial charge in [-0.25, -0.2) is 0 Å². The lowest BCUT2D eigenvalue weighted by molar-refractivity contribution is -0.379. The van der Waals surface area contributed by atoms with Crippen LogP contribution in [-0.4, -0.2) is 193 Å². The van der Waals surface area contributed by atoms with Gasteiger partial charge in [0.2, 0.25) is 5.91 Å². The fourth-order valence-corrected chi connectivity index (χ4v) is 9.55. The standard InChI is InChI=1S/C57H101NO18/c1-3-5-7-9-11-12-13-14-15-16-17-18-19-20-21-22-23-24-25-26-27-28-29-31-33-35-45(63)58-40(41(62)34-32-30-10-8-6-4-2)39-71-55-51(69)48(66)53(43(37-60)73-55)76-57-52(70)49(67)54(44(38-61)74-57)75-56-50(68)47(65)46(64)42(36-59)72-56/h13-14,16-17,19-20,32,34,40-44,46-57,59-62,64-70H,3-12,15,18,21-31,33,35-39H2,1-2H3,(H,58,63)/b14-13-,17-16-,20-19-,34-32+. The van der Waals surface area contributed by atoms with Crippen LogP contribution >= 0.6 is 0 Å². The molecule has 19 nitrogen and oxygen atoms in total. The van der Waals surface area contributed by atoms with Crippen LogP contribution in [0.4, 0.5) is 0 Å². The summed E-state index contributed by atoms with van der Waals surface area (Å²) in [6.07, 6.45) is 17.3. The average Bonchev–Trinajstić information content (AvgIpc) is 3.42. The van der Waals surface area contributed by atoms with Crippen LogP contribution in [-0.2, 0) is 33.2 Å². The van der Waals surface area contributed by atoms with E-state index in [4.69, 9.17) is 28.4 Å². The Balaban J connectivity index is 1.40. The Morgan fingerprint density at radius 2 is 0.868 bits per heavy atom. The van der Waals surface area contributed by atoms with Crippen LogP contribution in [0.1, 0.15) is 174 Å². The van der Waals surface area contributed by atoms with Crippen LogP contribution in [0.15, 0.2) is 48.6 Å². The zero-order valence-electron chi connectivity index (χ0n) is 45.7. The molecule has 3 aliphatic heterocycles. The molecule has 1 amide bonds. The molecule has 76 heavy (non-hydrogen) atoms. The van der Waals surface area contributed by atoms with Crippen molar-refractivity contribution in [2.24, 2.45) is 0 Å². The average molecular weight is 1090 g/mol. The molecule has 12 N–H and O–H groups in total. The number of ether oxygens (including phenoxy) is 6. The number of nitrogens with one attached hydrogen (secondary N) is 1. The predicted octanol–water partition coefficient (Wildman–Crippen LogP) is 4.31. The third-order valence-corrected chi connectivity index (χ3v) is 14.4. The van der Waals surface area contributed by atoms with E-state index in [0.717, 1.165) is 77.0 Å². The number of carbonyl (C=O) groups excluding carboxylic acids is 1. The van der Waals surface area contributed by atoms with Gasteiger partial charge >= 0.3 is 0 Å². The summed E-state index contributed by atoms with van der Waals surface area (Å²) in [5.41, 5.74) is 0. The molecular weight excluding hydrogens is 987 g/mol. The van der Waals surface area contributed by atoms with Crippen molar-refractivity contribution in [2.45, 2.75) is 279 Å². The van der Waals surface area contributed by atoms with Crippen molar-refractivity contribution in [3.8, 4) is 0 Å². The van der Waals surface area contributed by atoms with Crippen molar-refractivity contribution in [1.29, 1.82) is 0 Å². The predicted molar refractivity (Wildman–Crippen MR) is 286 cm³/mol. The highest BCUT2D eigenvalue weighted by atomic mass is 16.8. The molecule has 3 saturated heterocycles. The third-order valence-electron chi connectivity index (χ3n) is 14.4. The first-order chi connectivity index (χ1) is 36.8. The minimum absolute atomic E-state index is 0.236. The maximum Gasteiger partial charge on any atom is 0.220 e. The molecule has 3 heterocycles. The summed E-state index contributed by atoms with van der Waals surface area (Å²) in [7, 11) is 0. The summed E-state index contributed by atoms with van der Waals surface area (Å²) in [5, 5.41) is 119. The van der Waals surface area contributed by atoms with Crippen molar-refractivity contribution in [1.82, 2.24) is 5.32 Å². The first-order valence-corrected chi connectivity index (χ1v) is 28.9. The number of rotatable bonds is 41. The number of allylic oxidation sites excluding steroid dienone is 7. The van der Waals surface area contributed by atoms with Crippen LogP contribution in [0.25, 0.3) is 0 Å². The smallest absolute Gasteiger partial charge is 0.220 e. The molecule has 0 bridgehead atoms. The van der Waals surface area contributed by atoms with Gasteiger partial charge in [-0.15, -0.1) is 0 Å². The Morgan fingerprint density at radius 3 is 1.37 bits per heavy atom. The lowest BCUT2D eigenvalue weighted by atomic mass is 9.96. The van der Waals surface area contributed by atoms with Gasteiger partial charge in [-0.1, -0.05) is 159 Å². The van der Waals surface area contributed by atoms with Crippen LogP contribution in [0.3, 0.4) is 0 Å². The lowest BCUT2D eigenvalue weighted by Gasteiger charge is -2.48. The lowest BCUT2D eigenvalue weighted by Crippen LogP contribution is -2.66. The molecule has 17 unspecified atom stereocenters. The van der Waals surface area contributed by atoms with E-state index in [2.05, 4.69) is 55.6 Å². The molecule has 17 atom stereocenters. The Morgan fingerprint density at radius 1 is 0.474 bits per heavy atom. The molecule has 0 aliphatic carbocycles. The summed E-state index contributed by atoms with van der Waals surface area (Å²) in [6, 6.07) is -0.972. The van der Waals surface area contributed by atoms with Crippen LogP contribution in [0, 0.1) is 0 Å². The summed E-state index contributed by atoms with van der Waals surface area (Å²) in [6.45, 7) is 1.59. The maximum absolute atomic E-state index is 13.2. The van der Waals surface area contributed by atoms with E-state index in [9.17, 15) is 61.0 Å². The minimum Gasteiger partial charge on any atom is -0.394 e. The van der Waals surface area contributed by atoms with E-state index >= 15 is 0 Å². The number of aliphatic hydroxyl groups excluding tert-OH is 11. The van der Waals surface area contributed by atoms with E-state index in [1.807, 2.05) is 6.08 Å². The fraction of sp³-hybridized carbons (Fsp3) is 0.842. The third kappa shape index (κ3) is 25.0. The van der Waals surface area contributed by atoms with Crippen LogP contribution < -0.4 is 5.32 Å². The van der Waals surface area contributed by atoms with E-state index < -0.39 is 124 Å². The zero-order chi connectivity index (χ0) is 55.5. The van der Waals surface area contributed by atoms with E-state index in [-0.39, 0.29) is 18.9 Å². The fourth-order valence-electron chi connectivity index (χ4n) is 9.55. The highest BCUT2D eigenvalue weighted by molar-refractivity contribution is 5.76. The second-order valence-corrected chi connectivity index (χ2v) is 20.8. The van der Waals surface area contributed by atoms with Gasteiger partial charge in [0, 0.05) is 6.42 Å². The molecule has 0 spiro atoms. The highest BCUT2D eigenvalue weighted by Crippen LogP contribution is 2.33. The van der Waals surface area contributed by atoms with Gasteiger partial charge in [-0.3, -0.25) is 4.79 Å². The summed E-state index contributed by atoms with van der Waals surface area (Å²) >= 11 is 0. The number of hydrogen-bond donors (Lipinski definition) is 12. The summed E-state index contributed by atoms with van der Waals surface area (Å²) in [4.78, 5) is 13.2. The molecule has 3 aliphatic rings. The van der Waals surface area contributed by atoms with Gasteiger partial charge < -0.3 is 89.9 Å².